The first-order valence-electron chi connectivity index (χ1n) is 11.4. The molecular weight excluding hydrogens is 435 g/mol. The Morgan fingerprint density at radius 3 is 2.52 bits per heavy atom. The first-order valence-corrected chi connectivity index (χ1v) is 11.4. The molecule has 2 aliphatic heterocycles. The van der Waals surface area contributed by atoms with E-state index in [9.17, 15) is 18.0 Å². The Balaban J connectivity index is 1.63. The minimum absolute atomic E-state index is 0.130. The molecule has 0 spiro atoms. The van der Waals surface area contributed by atoms with Gasteiger partial charge in [-0.05, 0) is 44.5 Å². The van der Waals surface area contributed by atoms with Gasteiger partial charge in [-0.2, -0.15) is 13.2 Å². The van der Waals surface area contributed by atoms with Crippen LogP contribution in [0.5, 0.6) is 0 Å². The third-order valence-corrected chi connectivity index (χ3v) is 6.26. The van der Waals surface area contributed by atoms with Crippen LogP contribution >= 0.6 is 0 Å². The van der Waals surface area contributed by atoms with Gasteiger partial charge in [0, 0.05) is 36.6 Å². The summed E-state index contributed by atoms with van der Waals surface area (Å²) >= 11 is 0. The van der Waals surface area contributed by atoms with E-state index >= 15 is 0 Å². The van der Waals surface area contributed by atoms with E-state index in [1.165, 1.54) is 6.07 Å². The summed E-state index contributed by atoms with van der Waals surface area (Å²) < 4.78 is 47.1. The molecule has 10 heteroatoms. The summed E-state index contributed by atoms with van der Waals surface area (Å²) in [6, 6.07) is 5.20. The van der Waals surface area contributed by atoms with Crippen LogP contribution in [0.4, 0.5) is 24.8 Å². The van der Waals surface area contributed by atoms with E-state index in [-0.39, 0.29) is 5.56 Å². The zero-order chi connectivity index (χ0) is 23.6. The highest BCUT2D eigenvalue weighted by molar-refractivity contribution is 5.59. The molecule has 1 aromatic carbocycles. The average molecular weight is 466 g/mol. The minimum atomic E-state index is -4.45. The van der Waals surface area contributed by atoms with Crippen LogP contribution in [0.25, 0.3) is 0 Å². The van der Waals surface area contributed by atoms with Crippen molar-refractivity contribution in [2.75, 3.05) is 51.0 Å². The van der Waals surface area contributed by atoms with Gasteiger partial charge < -0.3 is 4.74 Å². The molecule has 33 heavy (non-hydrogen) atoms. The summed E-state index contributed by atoms with van der Waals surface area (Å²) in [5.74, 6) is 0.387. The van der Waals surface area contributed by atoms with Gasteiger partial charge >= 0.3 is 6.18 Å². The Morgan fingerprint density at radius 1 is 1.09 bits per heavy atom. The summed E-state index contributed by atoms with van der Waals surface area (Å²) in [4.78, 5) is 24.0. The molecule has 0 bridgehead atoms. The number of alkyl halides is 3. The van der Waals surface area contributed by atoms with Crippen LogP contribution in [-0.4, -0.2) is 65.4 Å². The number of anilines is 2. The number of rotatable bonds is 6. The average Bonchev–Trinajstić information content (AvgIpc) is 2.80. The number of nitrogens with zero attached hydrogens (tertiary/aromatic N) is 5. The van der Waals surface area contributed by atoms with Crippen LogP contribution in [0.3, 0.4) is 0 Å². The van der Waals surface area contributed by atoms with Crippen molar-refractivity contribution < 1.29 is 17.9 Å². The first-order chi connectivity index (χ1) is 15.8. The van der Waals surface area contributed by atoms with Crippen molar-refractivity contribution in [1.82, 2.24) is 19.4 Å². The van der Waals surface area contributed by atoms with Gasteiger partial charge in [0.1, 0.15) is 0 Å². The third kappa shape index (κ3) is 5.23. The predicted octanol–water partition coefficient (Wildman–Crippen LogP) is 3.22. The van der Waals surface area contributed by atoms with Gasteiger partial charge in [0.05, 0.1) is 32.1 Å². The molecule has 0 radical (unpaired) electrons. The molecule has 7 nitrogen and oxygen atoms in total. The van der Waals surface area contributed by atoms with E-state index in [1.807, 2.05) is 6.92 Å². The lowest BCUT2D eigenvalue weighted by atomic mass is 10.1. The van der Waals surface area contributed by atoms with Crippen molar-refractivity contribution in [3.05, 3.63) is 51.4 Å². The fraction of sp³-hybridized carbons (Fsp3) is 0.565. The molecule has 1 saturated heterocycles. The van der Waals surface area contributed by atoms with Crippen LogP contribution in [-0.2, 0) is 24.0 Å². The minimum Gasteiger partial charge on any atom is -0.379 e. The lowest BCUT2D eigenvalue weighted by Gasteiger charge is -2.39. The highest BCUT2D eigenvalue weighted by Gasteiger charge is 2.33. The predicted molar refractivity (Wildman–Crippen MR) is 120 cm³/mol. The number of benzene rings is 1. The molecule has 0 saturated carbocycles. The van der Waals surface area contributed by atoms with Gasteiger partial charge in [-0.1, -0.05) is 13.0 Å². The second-order valence-electron chi connectivity index (χ2n) is 8.52. The van der Waals surface area contributed by atoms with Crippen molar-refractivity contribution in [1.29, 1.82) is 0 Å². The van der Waals surface area contributed by atoms with Crippen LogP contribution in [0.1, 0.15) is 30.2 Å². The number of hydrogen-bond donors (Lipinski definition) is 0. The molecule has 180 valence electrons. The third-order valence-electron chi connectivity index (χ3n) is 6.26. The Bertz CT molecular complexity index is 1030. The fourth-order valence-corrected chi connectivity index (χ4v) is 4.47. The second kappa shape index (κ2) is 9.82. The molecule has 2 aliphatic rings. The maximum Gasteiger partial charge on any atom is 0.416 e. The Labute approximate surface area is 191 Å². The van der Waals surface area contributed by atoms with Crippen LogP contribution in [0.15, 0.2) is 29.1 Å². The Hall–Kier alpha value is -2.43. The van der Waals surface area contributed by atoms with Gasteiger partial charge in [0.25, 0.3) is 5.56 Å². The highest BCUT2D eigenvalue weighted by atomic mass is 19.4. The lowest BCUT2D eigenvalue weighted by Crippen LogP contribution is -2.48. The number of aromatic nitrogens is 2. The molecule has 1 aromatic heterocycles. The van der Waals surface area contributed by atoms with Gasteiger partial charge in [-0.25, -0.2) is 4.98 Å². The maximum atomic E-state index is 13.4. The van der Waals surface area contributed by atoms with Crippen molar-refractivity contribution in [2.45, 2.75) is 39.5 Å². The van der Waals surface area contributed by atoms with E-state index in [4.69, 9.17) is 4.74 Å². The van der Waals surface area contributed by atoms with Crippen molar-refractivity contribution in [2.24, 2.45) is 0 Å². The van der Waals surface area contributed by atoms with E-state index in [0.29, 0.717) is 49.2 Å². The van der Waals surface area contributed by atoms with E-state index in [0.717, 1.165) is 51.4 Å². The highest BCUT2D eigenvalue weighted by Crippen LogP contribution is 2.34. The Kier molecular flexibility index (Phi) is 7.06. The topological polar surface area (TPSA) is 53.8 Å². The van der Waals surface area contributed by atoms with Gasteiger partial charge in [-0.15, -0.1) is 0 Å². The molecule has 0 atom stereocenters. The quantitative estimate of drug-likeness (QED) is 0.653. The number of aryl methyl sites for hydroxylation is 1. The first kappa shape index (κ1) is 23.7. The molecule has 3 heterocycles. The van der Waals surface area contributed by atoms with Gasteiger partial charge in [0.15, 0.2) is 0 Å². The van der Waals surface area contributed by atoms with E-state index in [1.54, 1.807) is 22.5 Å². The maximum absolute atomic E-state index is 13.4. The SMILES string of the molecule is CCc1c(C)nc2n(c1=O)CN(CCCN1CCOCC1)CN2c1cccc(C(F)(F)F)c1. The molecular formula is C23H30F3N5O2. The summed E-state index contributed by atoms with van der Waals surface area (Å²) in [7, 11) is 0. The summed E-state index contributed by atoms with van der Waals surface area (Å²) in [5.41, 5.74) is 0.770. The molecule has 0 aliphatic carbocycles. The molecule has 2 aromatic rings. The zero-order valence-corrected chi connectivity index (χ0v) is 19.1. The number of fused-ring (bicyclic) bond motifs is 1. The lowest BCUT2D eigenvalue weighted by molar-refractivity contribution is -0.137. The van der Waals surface area contributed by atoms with Crippen molar-refractivity contribution in [3.63, 3.8) is 0 Å². The van der Waals surface area contributed by atoms with E-state index in [2.05, 4.69) is 14.8 Å². The molecule has 0 amide bonds. The van der Waals surface area contributed by atoms with Crippen LogP contribution in [0, 0.1) is 6.92 Å². The second-order valence-corrected chi connectivity index (χ2v) is 8.52. The molecule has 0 unspecified atom stereocenters. The molecule has 0 N–H and O–H groups in total. The number of halogens is 3. The monoisotopic (exact) mass is 465 g/mol. The van der Waals surface area contributed by atoms with Crippen molar-refractivity contribution >= 4 is 11.6 Å². The number of ether oxygens (including phenoxy) is 1. The zero-order valence-electron chi connectivity index (χ0n) is 19.1. The standard InChI is InChI=1S/C23H30F3N5O2/c1-3-20-17(2)27-22-30(19-7-4-6-18(14-19)23(24,25)26)15-29(16-31(22)21(20)32)9-5-8-28-10-12-33-13-11-28/h4,6-7,14H,3,5,8-13,15-16H2,1-2H3. The molecule has 4 rings (SSSR count). The van der Waals surface area contributed by atoms with Gasteiger partial charge in [-0.3, -0.25) is 24.1 Å². The number of morpholine rings is 1. The van der Waals surface area contributed by atoms with E-state index < -0.39 is 11.7 Å². The van der Waals surface area contributed by atoms with Crippen LogP contribution < -0.4 is 10.5 Å². The summed E-state index contributed by atoms with van der Waals surface area (Å²) in [6.07, 6.45) is -3.00. The Morgan fingerprint density at radius 2 is 1.82 bits per heavy atom. The van der Waals surface area contributed by atoms with Gasteiger partial charge in [0.2, 0.25) is 5.95 Å². The summed E-state index contributed by atoms with van der Waals surface area (Å²) in [5, 5.41) is 0. The number of hydrogen-bond acceptors (Lipinski definition) is 6. The summed E-state index contributed by atoms with van der Waals surface area (Å²) in [6.45, 7) is 9.33. The smallest absolute Gasteiger partial charge is 0.379 e. The largest absolute Gasteiger partial charge is 0.416 e. The van der Waals surface area contributed by atoms with Crippen molar-refractivity contribution in [3.8, 4) is 0 Å². The molecule has 1 fully saturated rings. The van der Waals surface area contributed by atoms with Crippen LogP contribution in [0.2, 0.25) is 0 Å². The fourth-order valence-electron chi connectivity index (χ4n) is 4.47. The normalized spacial score (nSPS) is 17.9.